The number of amides is 2. The van der Waals surface area contributed by atoms with Gasteiger partial charge in [-0.2, -0.15) is 13.2 Å². The number of benzene rings is 3. The fraction of sp³-hybridized carbons (Fsp3) is 0.179. The predicted octanol–water partition coefficient (Wildman–Crippen LogP) is 3.11. The Labute approximate surface area is 237 Å². The van der Waals surface area contributed by atoms with E-state index in [1.807, 2.05) is 0 Å². The molecule has 0 aromatic heterocycles. The summed E-state index contributed by atoms with van der Waals surface area (Å²) in [6.45, 7) is 0.0406. The number of para-hydroxylation sites is 1. The van der Waals surface area contributed by atoms with Gasteiger partial charge >= 0.3 is 18.1 Å². The molecule has 4 rings (SSSR count). The van der Waals surface area contributed by atoms with E-state index in [1.54, 1.807) is 72.8 Å². The SMILES string of the molecule is NC(N)=Nc1ccc(CNC(=O)CN2C(=O)c3ccccc3C(CC(=O)O)c3ccccc32)cc1.O=C(O)C(F)(F)F. The molecule has 42 heavy (non-hydrogen) atoms. The number of nitrogens with two attached hydrogens (primary N) is 2. The summed E-state index contributed by atoms with van der Waals surface area (Å²) >= 11 is 0. The summed E-state index contributed by atoms with van der Waals surface area (Å²) in [6, 6.07) is 21.1. The van der Waals surface area contributed by atoms with Gasteiger partial charge in [0.15, 0.2) is 5.96 Å². The number of hydrogen-bond donors (Lipinski definition) is 5. The Hall–Kier alpha value is -5.40. The van der Waals surface area contributed by atoms with Gasteiger partial charge in [0, 0.05) is 23.7 Å². The van der Waals surface area contributed by atoms with Crippen LogP contribution in [0.5, 0.6) is 0 Å². The molecule has 0 aliphatic carbocycles. The second-order valence-electron chi connectivity index (χ2n) is 8.97. The van der Waals surface area contributed by atoms with E-state index in [0.717, 1.165) is 5.56 Å². The van der Waals surface area contributed by atoms with Crippen LogP contribution in [0, 0.1) is 0 Å². The molecular formula is C28H26F3N5O6. The van der Waals surface area contributed by atoms with Crippen LogP contribution >= 0.6 is 0 Å². The molecule has 1 heterocycles. The normalized spacial score (nSPS) is 13.8. The maximum Gasteiger partial charge on any atom is 0.490 e. The number of carbonyl (C=O) groups is 4. The van der Waals surface area contributed by atoms with Crippen molar-refractivity contribution in [2.45, 2.75) is 25.1 Å². The molecule has 0 saturated heterocycles. The third kappa shape index (κ3) is 8.06. The number of nitrogens with zero attached hydrogens (tertiary/aromatic N) is 2. The summed E-state index contributed by atoms with van der Waals surface area (Å²) in [5.74, 6) is -4.98. The van der Waals surface area contributed by atoms with Gasteiger partial charge in [-0.25, -0.2) is 9.79 Å². The highest BCUT2D eigenvalue weighted by Crippen LogP contribution is 2.40. The molecule has 0 bridgehead atoms. The number of aliphatic carboxylic acids is 2. The van der Waals surface area contributed by atoms with Crippen LogP contribution in [0.15, 0.2) is 77.8 Å². The average molecular weight is 586 g/mol. The Bertz CT molecular complexity index is 1500. The van der Waals surface area contributed by atoms with Gasteiger partial charge in [-0.15, -0.1) is 0 Å². The average Bonchev–Trinajstić information content (AvgIpc) is 3.02. The molecule has 7 N–H and O–H groups in total. The summed E-state index contributed by atoms with van der Waals surface area (Å²) < 4.78 is 31.7. The van der Waals surface area contributed by atoms with E-state index < -0.39 is 24.0 Å². The molecule has 3 aromatic rings. The van der Waals surface area contributed by atoms with Gasteiger partial charge in [-0.3, -0.25) is 19.3 Å². The van der Waals surface area contributed by atoms with Crippen LogP contribution in [0.4, 0.5) is 24.5 Å². The van der Waals surface area contributed by atoms with E-state index in [9.17, 15) is 32.7 Å². The van der Waals surface area contributed by atoms with Crippen LogP contribution < -0.4 is 21.7 Å². The zero-order valence-electron chi connectivity index (χ0n) is 21.8. The lowest BCUT2D eigenvalue weighted by molar-refractivity contribution is -0.192. The number of carboxylic acid groups (broad SMARTS) is 2. The smallest absolute Gasteiger partial charge is 0.481 e. The number of fused-ring (bicyclic) bond motifs is 2. The van der Waals surface area contributed by atoms with Gasteiger partial charge in [-0.1, -0.05) is 48.5 Å². The molecule has 0 saturated carbocycles. The monoisotopic (exact) mass is 585 g/mol. The highest BCUT2D eigenvalue weighted by atomic mass is 19.4. The van der Waals surface area contributed by atoms with E-state index in [2.05, 4.69) is 10.3 Å². The zero-order valence-corrected chi connectivity index (χ0v) is 21.8. The molecule has 11 nitrogen and oxygen atoms in total. The van der Waals surface area contributed by atoms with Crippen molar-refractivity contribution in [2.24, 2.45) is 16.5 Å². The van der Waals surface area contributed by atoms with Gasteiger partial charge in [-0.05, 0) is 41.0 Å². The van der Waals surface area contributed by atoms with Crippen LogP contribution in [-0.2, 0) is 20.9 Å². The molecule has 1 atom stereocenters. The van der Waals surface area contributed by atoms with Crippen LogP contribution in [0.1, 0.15) is 39.4 Å². The van der Waals surface area contributed by atoms with E-state index in [0.29, 0.717) is 28.1 Å². The Morgan fingerprint density at radius 1 is 0.905 bits per heavy atom. The van der Waals surface area contributed by atoms with E-state index in [-0.39, 0.29) is 37.3 Å². The van der Waals surface area contributed by atoms with Crippen LogP contribution in [0.3, 0.4) is 0 Å². The number of rotatable bonds is 7. The second-order valence-corrected chi connectivity index (χ2v) is 8.97. The first kappa shape index (κ1) is 31.1. The topological polar surface area (TPSA) is 188 Å². The highest BCUT2D eigenvalue weighted by Gasteiger charge is 2.38. The highest BCUT2D eigenvalue weighted by molar-refractivity contribution is 6.11. The Morgan fingerprint density at radius 3 is 2.05 bits per heavy atom. The summed E-state index contributed by atoms with van der Waals surface area (Å²) in [4.78, 5) is 52.3. The first-order valence-electron chi connectivity index (χ1n) is 12.2. The van der Waals surface area contributed by atoms with Crippen molar-refractivity contribution in [3.8, 4) is 0 Å². The maximum atomic E-state index is 13.5. The number of halogens is 3. The Kier molecular flexibility index (Phi) is 9.86. The molecule has 1 aliphatic heterocycles. The fourth-order valence-electron chi connectivity index (χ4n) is 4.24. The van der Waals surface area contributed by atoms with Gasteiger partial charge in [0.2, 0.25) is 5.91 Å². The summed E-state index contributed by atoms with van der Waals surface area (Å²) in [5.41, 5.74) is 14.4. The summed E-state index contributed by atoms with van der Waals surface area (Å²) in [5, 5.41) is 19.5. The van der Waals surface area contributed by atoms with Gasteiger partial charge in [0.25, 0.3) is 5.91 Å². The lowest BCUT2D eigenvalue weighted by Crippen LogP contribution is -2.40. The number of hydrogen-bond acceptors (Lipinski definition) is 5. The standard InChI is InChI=1S/C26H25N5O4.C2HF3O2/c27-26(28)30-17-11-9-16(10-12-17)14-29-23(32)15-31-22-8-4-3-6-19(22)21(13-24(33)34)18-5-1-2-7-20(18)25(31)35;3-2(4,5)1(6)7/h1-12,21H,13-15H2,(H,29,32)(H,33,34)(H4,27,28,30);(H,6,7). The summed E-state index contributed by atoms with van der Waals surface area (Å²) in [6.07, 6.45) is -5.25. The van der Waals surface area contributed by atoms with Crippen molar-refractivity contribution in [1.29, 1.82) is 0 Å². The number of carbonyl (C=O) groups excluding carboxylic acids is 2. The van der Waals surface area contributed by atoms with Gasteiger partial charge in [0.05, 0.1) is 12.1 Å². The van der Waals surface area contributed by atoms with Gasteiger partial charge < -0.3 is 27.0 Å². The zero-order chi connectivity index (χ0) is 31.0. The van der Waals surface area contributed by atoms with E-state index >= 15 is 0 Å². The first-order chi connectivity index (χ1) is 19.8. The first-order valence-corrected chi connectivity index (χ1v) is 12.2. The number of carboxylic acids is 2. The van der Waals surface area contributed by atoms with Crippen molar-refractivity contribution in [1.82, 2.24) is 5.32 Å². The third-order valence-electron chi connectivity index (χ3n) is 6.02. The molecule has 0 spiro atoms. The number of alkyl halides is 3. The van der Waals surface area contributed by atoms with Crippen molar-refractivity contribution in [3.05, 3.63) is 95.1 Å². The Morgan fingerprint density at radius 2 is 1.48 bits per heavy atom. The van der Waals surface area contributed by atoms with E-state index in [1.165, 1.54) is 4.90 Å². The molecule has 0 fully saturated rings. The molecule has 3 aromatic carbocycles. The lowest BCUT2D eigenvalue weighted by Gasteiger charge is -2.23. The third-order valence-corrected chi connectivity index (χ3v) is 6.02. The Balaban J connectivity index is 0.000000616. The molecule has 1 unspecified atom stereocenters. The van der Waals surface area contributed by atoms with E-state index in [4.69, 9.17) is 21.4 Å². The molecule has 220 valence electrons. The molecule has 0 radical (unpaired) electrons. The number of anilines is 1. The number of nitrogens with one attached hydrogen (secondary N) is 1. The fourth-order valence-corrected chi connectivity index (χ4v) is 4.24. The predicted molar refractivity (Wildman–Crippen MR) is 146 cm³/mol. The quantitative estimate of drug-likeness (QED) is 0.207. The summed E-state index contributed by atoms with van der Waals surface area (Å²) in [7, 11) is 0. The minimum absolute atomic E-state index is 0.0411. The lowest BCUT2D eigenvalue weighted by atomic mass is 9.86. The minimum atomic E-state index is -5.08. The molecule has 14 heteroatoms. The molecular weight excluding hydrogens is 559 g/mol. The van der Waals surface area contributed by atoms with Crippen molar-refractivity contribution >= 4 is 41.1 Å². The minimum Gasteiger partial charge on any atom is -0.481 e. The maximum absolute atomic E-state index is 13.5. The van der Waals surface area contributed by atoms with Crippen LogP contribution in [0.25, 0.3) is 0 Å². The number of aliphatic imine (C=N–C) groups is 1. The van der Waals surface area contributed by atoms with Crippen molar-refractivity contribution in [3.63, 3.8) is 0 Å². The van der Waals surface area contributed by atoms with Crippen molar-refractivity contribution in [2.75, 3.05) is 11.4 Å². The van der Waals surface area contributed by atoms with Crippen LogP contribution in [-0.4, -0.2) is 52.6 Å². The van der Waals surface area contributed by atoms with Crippen LogP contribution in [0.2, 0.25) is 0 Å². The van der Waals surface area contributed by atoms with Crippen molar-refractivity contribution < 1.29 is 42.6 Å². The second kappa shape index (κ2) is 13.3. The molecule has 1 aliphatic rings. The molecule has 2 amide bonds. The number of guanidine groups is 1. The van der Waals surface area contributed by atoms with Gasteiger partial charge in [0.1, 0.15) is 6.54 Å². The largest absolute Gasteiger partial charge is 0.490 e.